The first-order chi connectivity index (χ1) is 10.3. The smallest absolute Gasteiger partial charge is 0.234 e. The Balaban J connectivity index is 1.42. The molecule has 1 amide bonds. The Hall–Kier alpha value is -1.40. The molecule has 1 fully saturated rings. The van der Waals surface area contributed by atoms with E-state index in [1.165, 1.54) is 0 Å². The van der Waals surface area contributed by atoms with Crippen molar-refractivity contribution in [2.24, 2.45) is 0 Å². The highest BCUT2D eigenvalue weighted by Crippen LogP contribution is 2.30. The molecule has 21 heavy (non-hydrogen) atoms. The number of carbonyl (C=O) groups excluding carboxylic acids is 1. The predicted octanol–water partition coefficient (Wildman–Crippen LogP) is 0.991. The summed E-state index contributed by atoms with van der Waals surface area (Å²) in [5, 5.41) is 2.94. The van der Waals surface area contributed by atoms with Crippen LogP contribution >= 0.6 is 11.8 Å². The normalized spacial score (nSPS) is 21.8. The van der Waals surface area contributed by atoms with E-state index in [1.807, 2.05) is 36.0 Å². The maximum atomic E-state index is 11.9. The van der Waals surface area contributed by atoms with E-state index in [4.69, 9.17) is 9.47 Å². The molecular weight excluding hydrogens is 288 g/mol. The zero-order valence-corrected chi connectivity index (χ0v) is 12.7. The lowest BCUT2D eigenvalue weighted by Gasteiger charge is -2.28. The highest BCUT2D eigenvalue weighted by atomic mass is 32.2. The minimum atomic E-state index is -0.124. The van der Waals surface area contributed by atoms with Gasteiger partial charge in [0, 0.05) is 24.6 Å². The monoisotopic (exact) mass is 308 g/mol. The summed E-state index contributed by atoms with van der Waals surface area (Å²) in [5.74, 6) is 3.80. The van der Waals surface area contributed by atoms with Crippen LogP contribution in [0.3, 0.4) is 0 Å². The van der Waals surface area contributed by atoms with Crippen LogP contribution in [-0.2, 0) is 4.79 Å². The van der Waals surface area contributed by atoms with E-state index in [0.29, 0.717) is 19.7 Å². The molecule has 0 bridgehead atoms. The van der Waals surface area contributed by atoms with Gasteiger partial charge >= 0.3 is 0 Å². The van der Waals surface area contributed by atoms with Gasteiger partial charge in [0.2, 0.25) is 5.91 Å². The van der Waals surface area contributed by atoms with E-state index in [2.05, 4.69) is 10.2 Å². The highest BCUT2D eigenvalue weighted by molar-refractivity contribution is 7.99. The summed E-state index contributed by atoms with van der Waals surface area (Å²) in [7, 11) is 0. The van der Waals surface area contributed by atoms with E-state index in [0.717, 1.165) is 36.1 Å². The number of fused-ring (bicyclic) bond motifs is 1. The number of rotatable bonds is 4. The van der Waals surface area contributed by atoms with Crippen molar-refractivity contribution >= 4 is 17.7 Å². The molecule has 1 N–H and O–H groups in total. The van der Waals surface area contributed by atoms with Crippen molar-refractivity contribution in [1.29, 1.82) is 0 Å². The third-order valence-corrected chi connectivity index (χ3v) is 4.51. The van der Waals surface area contributed by atoms with Crippen LogP contribution in [0.15, 0.2) is 24.3 Å². The van der Waals surface area contributed by atoms with E-state index >= 15 is 0 Å². The maximum absolute atomic E-state index is 11.9. The van der Waals surface area contributed by atoms with Gasteiger partial charge in [0.1, 0.15) is 12.7 Å². The molecule has 1 aromatic rings. The van der Waals surface area contributed by atoms with Gasteiger partial charge in [-0.1, -0.05) is 12.1 Å². The Kier molecular flexibility index (Phi) is 4.87. The quantitative estimate of drug-likeness (QED) is 0.899. The minimum Gasteiger partial charge on any atom is -0.486 e. The molecule has 2 aliphatic heterocycles. The molecule has 0 aliphatic carbocycles. The number of hydrogen-bond acceptors (Lipinski definition) is 5. The van der Waals surface area contributed by atoms with Crippen molar-refractivity contribution in [2.75, 3.05) is 44.3 Å². The molecule has 3 rings (SSSR count). The Labute approximate surface area is 129 Å². The molecule has 6 heteroatoms. The fourth-order valence-electron chi connectivity index (χ4n) is 2.41. The predicted molar refractivity (Wildman–Crippen MR) is 83.1 cm³/mol. The zero-order valence-electron chi connectivity index (χ0n) is 11.9. The second-order valence-electron chi connectivity index (χ2n) is 5.19. The van der Waals surface area contributed by atoms with Gasteiger partial charge in [-0.2, -0.15) is 11.8 Å². The lowest BCUT2D eigenvalue weighted by molar-refractivity contribution is -0.122. The molecule has 2 aliphatic rings. The van der Waals surface area contributed by atoms with Gasteiger partial charge in [-0.05, 0) is 12.1 Å². The van der Waals surface area contributed by atoms with Gasteiger partial charge in [0.05, 0.1) is 13.1 Å². The van der Waals surface area contributed by atoms with Gasteiger partial charge in [-0.3, -0.25) is 9.69 Å². The second-order valence-corrected chi connectivity index (χ2v) is 6.41. The molecule has 0 saturated carbocycles. The summed E-state index contributed by atoms with van der Waals surface area (Å²) in [6.45, 7) is 3.42. The maximum Gasteiger partial charge on any atom is 0.234 e. The molecule has 1 atom stereocenters. The van der Waals surface area contributed by atoms with E-state index < -0.39 is 0 Å². The van der Waals surface area contributed by atoms with Crippen molar-refractivity contribution in [1.82, 2.24) is 10.2 Å². The topological polar surface area (TPSA) is 50.8 Å². The average molecular weight is 308 g/mol. The molecule has 1 saturated heterocycles. The van der Waals surface area contributed by atoms with Crippen LogP contribution in [-0.4, -0.2) is 61.2 Å². The van der Waals surface area contributed by atoms with Crippen LogP contribution in [0.2, 0.25) is 0 Å². The summed E-state index contributed by atoms with van der Waals surface area (Å²) in [5.41, 5.74) is 0. The molecule has 5 nitrogen and oxygen atoms in total. The Bertz CT molecular complexity index is 492. The summed E-state index contributed by atoms with van der Waals surface area (Å²) in [6, 6.07) is 7.60. The third-order valence-electron chi connectivity index (χ3n) is 3.57. The van der Waals surface area contributed by atoms with Crippen molar-refractivity contribution in [3.05, 3.63) is 24.3 Å². The van der Waals surface area contributed by atoms with Gasteiger partial charge in [0.25, 0.3) is 0 Å². The number of ether oxygens (including phenoxy) is 2. The highest BCUT2D eigenvalue weighted by Gasteiger charge is 2.21. The Morgan fingerprint density at radius 3 is 2.86 bits per heavy atom. The average Bonchev–Trinajstić information content (AvgIpc) is 2.54. The van der Waals surface area contributed by atoms with Gasteiger partial charge in [-0.15, -0.1) is 0 Å². The van der Waals surface area contributed by atoms with Gasteiger partial charge < -0.3 is 14.8 Å². The largest absolute Gasteiger partial charge is 0.486 e. The van der Waals surface area contributed by atoms with Crippen LogP contribution in [0.5, 0.6) is 11.5 Å². The number of hydrogen-bond donors (Lipinski definition) is 1. The zero-order chi connectivity index (χ0) is 14.5. The first-order valence-corrected chi connectivity index (χ1v) is 8.42. The number of nitrogens with one attached hydrogen (secondary N) is 1. The molecule has 0 spiro atoms. The summed E-state index contributed by atoms with van der Waals surface area (Å²) >= 11 is 1.95. The van der Waals surface area contributed by atoms with Gasteiger partial charge in [-0.25, -0.2) is 0 Å². The first-order valence-electron chi connectivity index (χ1n) is 7.26. The van der Waals surface area contributed by atoms with Crippen molar-refractivity contribution < 1.29 is 14.3 Å². The number of amides is 1. The number of para-hydroxylation sites is 2. The van der Waals surface area contributed by atoms with Crippen molar-refractivity contribution in [3.63, 3.8) is 0 Å². The second kappa shape index (κ2) is 7.04. The van der Waals surface area contributed by atoms with Crippen LogP contribution in [0.1, 0.15) is 0 Å². The minimum absolute atomic E-state index is 0.0596. The summed E-state index contributed by atoms with van der Waals surface area (Å²) in [6.07, 6.45) is -0.124. The number of nitrogens with zero attached hydrogens (tertiary/aromatic N) is 1. The fourth-order valence-corrected chi connectivity index (χ4v) is 3.39. The van der Waals surface area contributed by atoms with Crippen LogP contribution in [0.25, 0.3) is 0 Å². The number of benzene rings is 1. The molecule has 0 aromatic heterocycles. The SMILES string of the molecule is O=C(CN1CCSCC1)NCC1COc2ccccc2O1. The van der Waals surface area contributed by atoms with Crippen LogP contribution in [0, 0.1) is 0 Å². The van der Waals surface area contributed by atoms with Crippen LogP contribution in [0.4, 0.5) is 0 Å². The summed E-state index contributed by atoms with van der Waals surface area (Å²) in [4.78, 5) is 14.1. The Morgan fingerprint density at radius 1 is 1.29 bits per heavy atom. The number of thioether (sulfide) groups is 1. The third kappa shape index (κ3) is 4.04. The van der Waals surface area contributed by atoms with Crippen molar-refractivity contribution in [2.45, 2.75) is 6.10 Å². The molecule has 114 valence electrons. The van der Waals surface area contributed by atoms with Gasteiger partial charge in [0.15, 0.2) is 11.5 Å². The molecular formula is C15H20N2O3S. The molecule has 2 heterocycles. The molecule has 1 unspecified atom stereocenters. The standard InChI is InChI=1S/C15H20N2O3S/c18-15(10-17-5-7-21-8-6-17)16-9-12-11-19-13-3-1-2-4-14(13)20-12/h1-4,12H,5-11H2,(H,16,18). The lowest BCUT2D eigenvalue weighted by atomic mass is 10.2. The van der Waals surface area contributed by atoms with E-state index in [9.17, 15) is 4.79 Å². The van der Waals surface area contributed by atoms with Crippen LogP contribution < -0.4 is 14.8 Å². The fraction of sp³-hybridized carbons (Fsp3) is 0.533. The Morgan fingerprint density at radius 2 is 2.05 bits per heavy atom. The van der Waals surface area contributed by atoms with E-state index in [-0.39, 0.29) is 12.0 Å². The molecule has 1 aromatic carbocycles. The lowest BCUT2D eigenvalue weighted by Crippen LogP contribution is -2.45. The molecule has 0 radical (unpaired) electrons. The summed E-state index contributed by atoms with van der Waals surface area (Å²) < 4.78 is 11.4. The van der Waals surface area contributed by atoms with Crippen molar-refractivity contribution in [3.8, 4) is 11.5 Å². The number of carbonyl (C=O) groups is 1. The first kappa shape index (κ1) is 14.5. The van der Waals surface area contributed by atoms with E-state index in [1.54, 1.807) is 0 Å².